The molecule has 5 aromatic rings. The Kier molecular flexibility index (Phi) is 6.04. The molecule has 0 spiro atoms. The lowest BCUT2D eigenvalue weighted by atomic mass is 9.85. The first-order chi connectivity index (χ1) is 18.0. The van der Waals surface area contributed by atoms with Gasteiger partial charge in [0.05, 0.1) is 33.0 Å². The van der Waals surface area contributed by atoms with Gasteiger partial charge in [0.1, 0.15) is 5.52 Å². The minimum atomic E-state index is -0.140. The number of nitrogens with one attached hydrogen (secondary N) is 1. The number of amides is 1. The Hall–Kier alpha value is -3.91. The van der Waals surface area contributed by atoms with Crippen LogP contribution in [0.1, 0.15) is 41.7 Å². The maximum absolute atomic E-state index is 13.7. The zero-order valence-electron chi connectivity index (χ0n) is 20.4. The second-order valence-electron chi connectivity index (χ2n) is 9.70. The minimum absolute atomic E-state index is 0.0663. The molecule has 0 saturated heterocycles. The Morgan fingerprint density at radius 3 is 2.68 bits per heavy atom. The topological polar surface area (TPSA) is 95.0 Å². The smallest absolute Gasteiger partial charge is 0.333 e. The number of oxazole rings is 1. The minimum Gasteiger partial charge on any atom is -0.443 e. The van der Waals surface area contributed by atoms with Gasteiger partial charge in [-0.15, -0.1) is 0 Å². The molecule has 0 radical (unpaired) electrons. The summed E-state index contributed by atoms with van der Waals surface area (Å²) in [5.74, 6) is 0.206. The van der Waals surface area contributed by atoms with Crippen LogP contribution in [0.15, 0.2) is 70.3 Å². The highest BCUT2D eigenvalue weighted by Gasteiger charge is 2.25. The predicted molar refractivity (Wildman–Crippen MR) is 142 cm³/mol. The molecule has 3 aromatic heterocycles. The number of fused-ring (bicyclic) bond motifs is 2. The molecule has 37 heavy (non-hydrogen) atoms. The Morgan fingerprint density at radius 2 is 1.86 bits per heavy atom. The van der Waals surface area contributed by atoms with Crippen molar-refractivity contribution in [1.82, 2.24) is 24.4 Å². The summed E-state index contributed by atoms with van der Waals surface area (Å²) in [7, 11) is 0. The number of rotatable bonds is 5. The van der Waals surface area contributed by atoms with Gasteiger partial charge >= 0.3 is 5.69 Å². The molecule has 0 unspecified atom stereocenters. The molecular weight excluding hydrogens is 490 g/mol. The van der Waals surface area contributed by atoms with E-state index in [4.69, 9.17) is 16.0 Å². The van der Waals surface area contributed by atoms with E-state index >= 15 is 0 Å². The van der Waals surface area contributed by atoms with Crippen molar-refractivity contribution in [2.24, 2.45) is 5.92 Å². The van der Waals surface area contributed by atoms with Crippen molar-refractivity contribution in [1.29, 1.82) is 0 Å². The highest BCUT2D eigenvalue weighted by molar-refractivity contribution is 6.30. The van der Waals surface area contributed by atoms with Crippen molar-refractivity contribution in [3.8, 4) is 5.69 Å². The Balaban J connectivity index is 1.20. The zero-order chi connectivity index (χ0) is 25.5. The lowest BCUT2D eigenvalue weighted by Gasteiger charge is -2.29. The average Bonchev–Trinajstić information content (AvgIpc) is 3.48. The first-order valence-electron chi connectivity index (χ1n) is 12.4. The van der Waals surface area contributed by atoms with E-state index in [1.807, 2.05) is 47.0 Å². The molecule has 3 heterocycles. The molecule has 2 aromatic carbocycles. The van der Waals surface area contributed by atoms with E-state index in [9.17, 15) is 9.59 Å². The Labute approximate surface area is 217 Å². The summed E-state index contributed by atoms with van der Waals surface area (Å²) in [6.07, 6.45) is 6.53. The van der Waals surface area contributed by atoms with Crippen molar-refractivity contribution in [2.75, 3.05) is 0 Å². The zero-order valence-corrected chi connectivity index (χ0v) is 21.1. The number of hydrogen-bond acceptors (Lipinski definition) is 5. The van der Waals surface area contributed by atoms with Crippen LogP contribution in [-0.2, 0) is 6.54 Å². The molecule has 0 bridgehead atoms. The monoisotopic (exact) mass is 515 g/mol. The van der Waals surface area contributed by atoms with Gasteiger partial charge in [-0.25, -0.2) is 9.78 Å². The van der Waals surface area contributed by atoms with Crippen molar-refractivity contribution in [3.05, 3.63) is 87.9 Å². The number of imidazole rings is 1. The third-order valence-electron chi connectivity index (χ3n) is 7.33. The molecular formula is C28H26ClN5O3. The van der Waals surface area contributed by atoms with Crippen LogP contribution in [0.5, 0.6) is 0 Å². The number of benzene rings is 2. The number of nitrogens with zero attached hydrogens (tertiary/aromatic N) is 4. The van der Waals surface area contributed by atoms with Gasteiger partial charge in [0.15, 0.2) is 12.0 Å². The van der Waals surface area contributed by atoms with Gasteiger partial charge in [-0.3, -0.25) is 18.9 Å². The Bertz CT molecular complexity index is 1680. The van der Waals surface area contributed by atoms with Crippen LogP contribution in [0.25, 0.3) is 27.8 Å². The van der Waals surface area contributed by atoms with Gasteiger partial charge in [-0.1, -0.05) is 23.7 Å². The number of para-hydroxylation sites is 2. The van der Waals surface area contributed by atoms with Crippen molar-refractivity contribution >= 4 is 39.6 Å². The molecule has 8 nitrogen and oxygen atoms in total. The fourth-order valence-electron chi connectivity index (χ4n) is 5.37. The van der Waals surface area contributed by atoms with Crippen LogP contribution in [-0.4, -0.2) is 31.1 Å². The van der Waals surface area contributed by atoms with Crippen LogP contribution in [0, 0.1) is 12.8 Å². The number of carbonyl (C=O) groups is 1. The van der Waals surface area contributed by atoms with Crippen LogP contribution in [0.4, 0.5) is 0 Å². The third kappa shape index (κ3) is 4.42. The van der Waals surface area contributed by atoms with Gasteiger partial charge in [-0.05, 0) is 74.9 Å². The number of carbonyl (C=O) groups excluding carboxylic acids is 1. The highest BCUT2D eigenvalue weighted by Crippen LogP contribution is 2.28. The summed E-state index contributed by atoms with van der Waals surface area (Å²) < 4.78 is 8.99. The van der Waals surface area contributed by atoms with Gasteiger partial charge in [-0.2, -0.15) is 0 Å². The molecule has 1 aliphatic carbocycles. The van der Waals surface area contributed by atoms with E-state index in [-0.39, 0.29) is 17.6 Å². The molecule has 0 atom stereocenters. The van der Waals surface area contributed by atoms with E-state index in [1.165, 1.54) is 6.39 Å². The fraction of sp³-hybridized carbons (Fsp3) is 0.286. The number of aromatic nitrogens is 4. The van der Waals surface area contributed by atoms with Crippen molar-refractivity contribution < 1.29 is 9.21 Å². The van der Waals surface area contributed by atoms with Crippen LogP contribution in [0.2, 0.25) is 5.02 Å². The van der Waals surface area contributed by atoms with Crippen molar-refractivity contribution in [2.45, 2.75) is 45.2 Å². The van der Waals surface area contributed by atoms with Crippen LogP contribution in [0.3, 0.4) is 0 Å². The normalized spacial score (nSPS) is 17.9. The largest absolute Gasteiger partial charge is 0.443 e. The van der Waals surface area contributed by atoms with Gasteiger partial charge in [0.2, 0.25) is 0 Å². The first kappa shape index (κ1) is 23.5. The molecule has 188 valence electrons. The summed E-state index contributed by atoms with van der Waals surface area (Å²) in [4.78, 5) is 34.9. The van der Waals surface area contributed by atoms with E-state index in [2.05, 4.69) is 15.3 Å². The molecule has 1 aliphatic rings. The fourth-order valence-corrected chi connectivity index (χ4v) is 5.53. The number of pyridine rings is 1. The quantitative estimate of drug-likeness (QED) is 0.343. The molecule has 0 aliphatic heterocycles. The summed E-state index contributed by atoms with van der Waals surface area (Å²) in [5.41, 5.74) is 5.04. The maximum Gasteiger partial charge on any atom is 0.333 e. The van der Waals surface area contributed by atoms with E-state index < -0.39 is 0 Å². The predicted octanol–water partition coefficient (Wildman–Crippen LogP) is 5.28. The van der Waals surface area contributed by atoms with E-state index in [1.54, 1.807) is 23.8 Å². The average molecular weight is 516 g/mol. The van der Waals surface area contributed by atoms with Gasteiger partial charge in [0.25, 0.3) is 5.91 Å². The summed E-state index contributed by atoms with van der Waals surface area (Å²) >= 11 is 6.04. The first-order valence-corrected chi connectivity index (χ1v) is 12.8. The number of aryl methyl sites for hydroxylation is 1. The summed E-state index contributed by atoms with van der Waals surface area (Å²) in [6, 6.07) is 15.2. The summed E-state index contributed by atoms with van der Waals surface area (Å²) in [5, 5.41) is 3.59. The molecule has 1 N–H and O–H groups in total. The van der Waals surface area contributed by atoms with Gasteiger partial charge in [0, 0.05) is 18.8 Å². The SMILES string of the molecule is Cc1ncc(Cl)cc1C(=O)N[C@H]1CC[C@H](Cn2c(=O)n(-c3ccc4ocnc4c3)c3ccccc32)CC1. The second-order valence-corrected chi connectivity index (χ2v) is 10.1. The van der Waals surface area contributed by atoms with E-state index in [0.717, 1.165) is 42.4 Å². The Morgan fingerprint density at radius 1 is 1.08 bits per heavy atom. The third-order valence-corrected chi connectivity index (χ3v) is 7.54. The molecule has 6 rings (SSSR count). The van der Waals surface area contributed by atoms with E-state index in [0.29, 0.717) is 39.8 Å². The van der Waals surface area contributed by atoms with Crippen LogP contribution < -0.4 is 11.0 Å². The highest BCUT2D eigenvalue weighted by atomic mass is 35.5. The molecule has 9 heteroatoms. The lowest BCUT2D eigenvalue weighted by molar-refractivity contribution is 0.0919. The number of hydrogen-bond donors (Lipinski definition) is 1. The summed E-state index contributed by atoms with van der Waals surface area (Å²) in [6.45, 7) is 2.44. The second kappa shape index (κ2) is 9.52. The maximum atomic E-state index is 13.7. The molecule has 1 saturated carbocycles. The molecule has 1 fully saturated rings. The lowest BCUT2D eigenvalue weighted by Crippen LogP contribution is -2.39. The standard InChI is InChI=1S/C28H26ClN5O3/c1-17-22(12-19(29)14-30-17)27(35)32-20-8-6-18(7-9-20)15-33-24-4-2-3-5-25(24)34(28(33)36)21-10-11-26-23(13-21)31-16-37-26/h2-5,10-14,16,18,20H,6-9,15H2,1H3,(H,32,35)/t18-,20-. The van der Waals surface area contributed by atoms with Gasteiger partial charge < -0.3 is 9.73 Å². The molecule has 1 amide bonds. The number of halogens is 1. The van der Waals surface area contributed by atoms with Crippen LogP contribution >= 0.6 is 11.6 Å². The van der Waals surface area contributed by atoms with Crippen molar-refractivity contribution in [3.63, 3.8) is 0 Å².